The highest BCUT2D eigenvalue weighted by Gasteiger charge is 2.24. The summed E-state index contributed by atoms with van der Waals surface area (Å²) in [4.78, 5) is 3.58. The Morgan fingerprint density at radius 2 is 2.00 bits per heavy atom. The minimum Gasteiger partial charge on any atom is -0.313 e. The van der Waals surface area contributed by atoms with Gasteiger partial charge in [0.05, 0.1) is 0 Å². The molecule has 2 atom stereocenters. The van der Waals surface area contributed by atoms with Gasteiger partial charge in [-0.05, 0) is 12.8 Å². The van der Waals surface area contributed by atoms with Crippen molar-refractivity contribution in [2.75, 3.05) is 0 Å². The van der Waals surface area contributed by atoms with Crippen molar-refractivity contribution in [1.82, 2.24) is 0 Å². The topological polar surface area (TPSA) is 4.36 Å². The van der Waals surface area contributed by atoms with Crippen molar-refractivity contribution in [2.24, 2.45) is 5.92 Å². The van der Waals surface area contributed by atoms with E-state index in [1.54, 1.807) is 0 Å². The number of hydrogen-bond acceptors (Lipinski definition) is 0. The third-order valence-corrected chi connectivity index (χ3v) is 2.23. The van der Waals surface area contributed by atoms with E-state index < -0.39 is 0 Å². The Balaban J connectivity index is 2.41. The summed E-state index contributed by atoms with van der Waals surface area (Å²) >= 11 is 0. The van der Waals surface area contributed by atoms with Gasteiger partial charge in [-0.25, -0.2) is 6.57 Å². The van der Waals surface area contributed by atoms with Crippen molar-refractivity contribution in [1.29, 1.82) is 0 Å². The van der Waals surface area contributed by atoms with Crippen molar-refractivity contribution in [2.45, 2.75) is 38.6 Å². The molecule has 0 amide bonds. The molecular weight excluding hydrogens is 110 g/mol. The Kier molecular flexibility index (Phi) is 2.10. The number of hydrogen-bond donors (Lipinski definition) is 0. The first-order chi connectivity index (χ1) is 4.34. The van der Waals surface area contributed by atoms with Crippen molar-refractivity contribution in [3.05, 3.63) is 11.4 Å². The Hall–Kier alpha value is -0.510. The van der Waals surface area contributed by atoms with Crippen LogP contribution in [0, 0.1) is 12.5 Å². The second-order valence-corrected chi connectivity index (χ2v) is 2.96. The van der Waals surface area contributed by atoms with Crippen molar-refractivity contribution in [3.8, 4) is 0 Å². The summed E-state index contributed by atoms with van der Waals surface area (Å²) < 4.78 is 0. The number of rotatable bonds is 0. The minimum atomic E-state index is 0.346. The largest absolute Gasteiger partial charge is 0.313 e. The van der Waals surface area contributed by atoms with Gasteiger partial charge in [-0.3, -0.25) is 0 Å². The van der Waals surface area contributed by atoms with Crippen LogP contribution in [-0.4, -0.2) is 6.04 Å². The Labute approximate surface area is 56.9 Å². The fourth-order valence-electron chi connectivity index (χ4n) is 1.49. The molecule has 1 fully saturated rings. The molecule has 1 aliphatic carbocycles. The molecule has 0 aromatic carbocycles. The first-order valence-electron chi connectivity index (χ1n) is 3.71. The lowest BCUT2D eigenvalue weighted by atomic mass is 9.86. The molecule has 1 heteroatoms. The highest BCUT2D eigenvalue weighted by Crippen LogP contribution is 2.25. The predicted molar refractivity (Wildman–Crippen MR) is 38.0 cm³/mol. The van der Waals surface area contributed by atoms with Gasteiger partial charge in [0.2, 0.25) is 6.04 Å². The normalized spacial score (nSPS) is 35.6. The van der Waals surface area contributed by atoms with Crippen LogP contribution in [0.4, 0.5) is 0 Å². The lowest BCUT2D eigenvalue weighted by Crippen LogP contribution is -2.18. The van der Waals surface area contributed by atoms with E-state index in [-0.39, 0.29) is 0 Å². The van der Waals surface area contributed by atoms with Gasteiger partial charge in [0, 0.05) is 12.3 Å². The molecule has 9 heavy (non-hydrogen) atoms. The average molecular weight is 123 g/mol. The van der Waals surface area contributed by atoms with E-state index >= 15 is 0 Å². The minimum absolute atomic E-state index is 0.346. The first-order valence-corrected chi connectivity index (χ1v) is 3.71. The molecular formula is C8H13N. The fourth-order valence-corrected chi connectivity index (χ4v) is 1.49. The third kappa shape index (κ3) is 1.45. The molecule has 1 nitrogen and oxygen atoms in total. The van der Waals surface area contributed by atoms with Crippen LogP contribution in [0.5, 0.6) is 0 Å². The zero-order valence-corrected chi connectivity index (χ0v) is 5.93. The van der Waals surface area contributed by atoms with E-state index in [4.69, 9.17) is 6.57 Å². The van der Waals surface area contributed by atoms with E-state index in [2.05, 4.69) is 11.8 Å². The Morgan fingerprint density at radius 1 is 1.33 bits per heavy atom. The Bertz CT molecular complexity index is 123. The van der Waals surface area contributed by atoms with Gasteiger partial charge in [0.1, 0.15) is 0 Å². The van der Waals surface area contributed by atoms with Crippen LogP contribution < -0.4 is 0 Å². The number of nitrogens with zero attached hydrogens (tertiary/aromatic N) is 1. The molecule has 50 valence electrons. The SMILES string of the molecule is [C-]#[N+][C@@H]1CCCC[C@@H]1C. The van der Waals surface area contributed by atoms with Crippen molar-refractivity contribution < 1.29 is 0 Å². The molecule has 0 unspecified atom stereocenters. The van der Waals surface area contributed by atoms with Gasteiger partial charge in [-0.1, -0.05) is 13.3 Å². The summed E-state index contributed by atoms with van der Waals surface area (Å²) in [5.41, 5.74) is 0. The molecule has 0 heterocycles. The summed E-state index contributed by atoms with van der Waals surface area (Å²) in [5.74, 6) is 0.663. The molecule has 0 aliphatic heterocycles. The van der Waals surface area contributed by atoms with Crippen molar-refractivity contribution in [3.63, 3.8) is 0 Å². The van der Waals surface area contributed by atoms with Crippen molar-refractivity contribution >= 4 is 0 Å². The molecule has 1 aliphatic rings. The molecule has 0 bridgehead atoms. The molecule has 1 saturated carbocycles. The van der Waals surface area contributed by atoms with Gasteiger partial charge in [-0.2, -0.15) is 0 Å². The maximum Gasteiger partial charge on any atom is 0.226 e. The molecule has 0 saturated heterocycles. The quantitative estimate of drug-likeness (QED) is 0.436. The van der Waals surface area contributed by atoms with E-state index in [9.17, 15) is 0 Å². The zero-order chi connectivity index (χ0) is 6.69. The second kappa shape index (κ2) is 2.87. The summed E-state index contributed by atoms with van der Waals surface area (Å²) in [5, 5.41) is 0. The predicted octanol–water partition coefficient (Wildman–Crippen LogP) is 2.48. The fraction of sp³-hybridized carbons (Fsp3) is 0.875. The lowest BCUT2D eigenvalue weighted by molar-refractivity contribution is 0.364. The molecule has 0 spiro atoms. The van der Waals surface area contributed by atoms with Crippen LogP contribution >= 0.6 is 0 Å². The van der Waals surface area contributed by atoms with E-state index in [0.29, 0.717) is 12.0 Å². The van der Waals surface area contributed by atoms with Gasteiger partial charge < -0.3 is 4.85 Å². The van der Waals surface area contributed by atoms with Gasteiger partial charge in [0.25, 0.3) is 0 Å². The maximum atomic E-state index is 6.85. The third-order valence-electron chi connectivity index (χ3n) is 2.23. The van der Waals surface area contributed by atoms with Crippen LogP contribution in [0.25, 0.3) is 4.85 Å². The van der Waals surface area contributed by atoms with Crippen LogP contribution in [0.3, 0.4) is 0 Å². The zero-order valence-electron chi connectivity index (χ0n) is 5.93. The molecule has 0 aromatic heterocycles. The summed E-state index contributed by atoms with van der Waals surface area (Å²) in [6.45, 7) is 9.05. The van der Waals surface area contributed by atoms with Gasteiger partial charge in [-0.15, -0.1) is 0 Å². The highest BCUT2D eigenvalue weighted by molar-refractivity contribution is 4.86. The van der Waals surface area contributed by atoms with E-state index in [0.717, 1.165) is 6.42 Å². The van der Waals surface area contributed by atoms with Gasteiger partial charge in [0.15, 0.2) is 0 Å². The average Bonchev–Trinajstić information content (AvgIpc) is 1.89. The summed E-state index contributed by atoms with van der Waals surface area (Å²) in [6, 6.07) is 0.346. The maximum absolute atomic E-state index is 6.85. The first kappa shape index (κ1) is 6.61. The summed E-state index contributed by atoms with van der Waals surface area (Å²) in [7, 11) is 0. The smallest absolute Gasteiger partial charge is 0.226 e. The monoisotopic (exact) mass is 123 g/mol. The van der Waals surface area contributed by atoms with Crippen LogP contribution in [0.15, 0.2) is 0 Å². The van der Waals surface area contributed by atoms with E-state index in [1.165, 1.54) is 19.3 Å². The van der Waals surface area contributed by atoms with E-state index in [1.807, 2.05) is 0 Å². The highest BCUT2D eigenvalue weighted by atomic mass is 14.7. The standard InChI is InChI=1S/C8H13N/c1-7-5-3-4-6-8(7)9-2/h7-8H,3-6H2,1H3/t7-,8+/m0/s1. The Morgan fingerprint density at radius 3 is 2.44 bits per heavy atom. The van der Waals surface area contributed by atoms with Crippen LogP contribution in [0.2, 0.25) is 0 Å². The summed E-state index contributed by atoms with van der Waals surface area (Å²) in [6.07, 6.45) is 5.03. The molecule has 0 aromatic rings. The molecule has 0 radical (unpaired) electrons. The lowest BCUT2D eigenvalue weighted by Gasteiger charge is -2.18. The molecule has 1 rings (SSSR count). The van der Waals surface area contributed by atoms with Gasteiger partial charge >= 0.3 is 0 Å². The van der Waals surface area contributed by atoms with Crippen LogP contribution in [-0.2, 0) is 0 Å². The molecule has 0 N–H and O–H groups in total. The second-order valence-electron chi connectivity index (χ2n) is 2.96. The van der Waals surface area contributed by atoms with Crippen LogP contribution in [0.1, 0.15) is 32.6 Å².